The summed E-state index contributed by atoms with van der Waals surface area (Å²) >= 11 is 0. The molecule has 0 heterocycles. The van der Waals surface area contributed by atoms with Crippen molar-refractivity contribution >= 4 is 11.7 Å². The van der Waals surface area contributed by atoms with E-state index in [2.05, 4.69) is 5.32 Å². The molecule has 1 aromatic carbocycles. The van der Waals surface area contributed by atoms with E-state index >= 15 is 0 Å². The van der Waals surface area contributed by atoms with Crippen molar-refractivity contribution in [2.24, 2.45) is 0 Å². The molecular weight excluding hydrogens is 335 g/mol. The van der Waals surface area contributed by atoms with Crippen molar-refractivity contribution in [2.45, 2.75) is 65.3 Å². The molecule has 0 atom stereocenters. The topological polar surface area (TPSA) is 47.6 Å². The molecule has 1 N–H and O–H groups in total. The maximum atomic E-state index is 13.3. The Balaban J connectivity index is 3.08. The summed E-state index contributed by atoms with van der Waals surface area (Å²) in [5.74, 6) is -0.591. The molecule has 142 valence electrons. The Morgan fingerprint density at radius 2 is 1.64 bits per heavy atom. The van der Waals surface area contributed by atoms with E-state index in [4.69, 9.17) is 9.47 Å². The summed E-state index contributed by atoms with van der Waals surface area (Å²) in [5.41, 5.74) is -2.01. The number of alkyl halides is 3. The minimum Gasteiger partial charge on any atom is -0.460 e. The first kappa shape index (κ1) is 21.3. The molecule has 7 heteroatoms. The average molecular weight is 361 g/mol. The fourth-order valence-electron chi connectivity index (χ4n) is 2.05. The van der Waals surface area contributed by atoms with Crippen molar-refractivity contribution in [3.8, 4) is 0 Å². The second kappa shape index (κ2) is 7.64. The third-order valence-corrected chi connectivity index (χ3v) is 2.97. The molecule has 0 spiro atoms. The van der Waals surface area contributed by atoms with Crippen molar-refractivity contribution in [2.75, 3.05) is 12.0 Å². The van der Waals surface area contributed by atoms with Crippen LogP contribution in [0.5, 0.6) is 0 Å². The van der Waals surface area contributed by atoms with Gasteiger partial charge in [-0.3, -0.25) is 4.79 Å². The lowest BCUT2D eigenvalue weighted by molar-refractivity contribution is -0.154. The number of para-hydroxylation sites is 1. The van der Waals surface area contributed by atoms with Gasteiger partial charge in [0.15, 0.2) is 0 Å². The fraction of sp³-hybridized carbons (Fsp3) is 0.611. The molecule has 0 fully saturated rings. The van der Waals surface area contributed by atoms with Crippen LogP contribution in [0.2, 0.25) is 0 Å². The first-order chi connectivity index (χ1) is 11.2. The standard InChI is InChI=1S/C18H26F3NO3/c1-16(2,3)24-11-22-15-12(10-14(23)25-17(4,5)6)8-7-9-13(15)18(19,20)21/h7-9,22H,10-11H2,1-6H3. The van der Waals surface area contributed by atoms with E-state index in [1.807, 2.05) is 0 Å². The number of halogens is 3. The lowest BCUT2D eigenvalue weighted by atomic mass is 10.0. The Labute approximate surface area is 146 Å². The summed E-state index contributed by atoms with van der Waals surface area (Å²) in [4.78, 5) is 12.0. The molecule has 1 rings (SSSR count). The molecule has 0 aromatic heterocycles. The van der Waals surface area contributed by atoms with Gasteiger partial charge in [-0.2, -0.15) is 13.2 Å². The van der Waals surface area contributed by atoms with E-state index in [0.717, 1.165) is 6.07 Å². The van der Waals surface area contributed by atoms with Crippen LogP contribution in [0.15, 0.2) is 18.2 Å². The Bertz CT molecular complexity index is 599. The van der Waals surface area contributed by atoms with Crippen LogP contribution in [0.1, 0.15) is 52.7 Å². The fourth-order valence-corrected chi connectivity index (χ4v) is 2.05. The highest BCUT2D eigenvalue weighted by molar-refractivity contribution is 5.76. The first-order valence-corrected chi connectivity index (χ1v) is 7.98. The normalized spacial score (nSPS) is 12.8. The van der Waals surface area contributed by atoms with Crippen LogP contribution in [-0.4, -0.2) is 23.9 Å². The number of rotatable bonds is 5. The van der Waals surface area contributed by atoms with Gasteiger partial charge in [0.05, 0.1) is 23.3 Å². The van der Waals surface area contributed by atoms with Gasteiger partial charge in [-0.25, -0.2) is 0 Å². The first-order valence-electron chi connectivity index (χ1n) is 7.98. The molecule has 0 saturated carbocycles. The predicted octanol–water partition coefficient (Wildman–Crippen LogP) is 4.77. The Morgan fingerprint density at radius 3 is 2.12 bits per heavy atom. The highest BCUT2D eigenvalue weighted by Gasteiger charge is 2.35. The van der Waals surface area contributed by atoms with Gasteiger partial charge >= 0.3 is 12.1 Å². The van der Waals surface area contributed by atoms with Crippen LogP contribution in [-0.2, 0) is 26.9 Å². The maximum Gasteiger partial charge on any atom is 0.418 e. The molecule has 0 radical (unpaired) electrons. The van der Waals surface area contributed by atoms with E-state index in [1.54, 1.807) is 41.5 Å². The molecule has 0 aliphatic carbocycles. The smallest absolute Gasteiger partial charge is 0.418 e. The van der Waals surface area contributed by atoms with Crippen molar-refractivity contribution in [1.82, 2.24) is 0 Å². The number of hydrogen-bond acceptors (Lipinski definition) is 4. The highest BCUT2D eigenvalue weighted by Crippen LogP contribution is 2.37. The Hall–Kier alpha value is -1.76. The van der Waals surface area contributed by atoms with Crippen molar-refractivity contribution in [1.29, 1.82) is 0 Å². The quantitative estimate of drug-likeness (QED) is 0.606. The van der Waals surface area contributed by atoms with Crippen LogP contribution in [0.4, 0.5) is 18.9 Å². The summed E-state index contributed by atoms with van der Waals surface area (Å²) < 4.78 is 50.6. The minimum absolute atomic E-state index is 0.113. The summed E-state index contributed by atoms with van der Waals surface area (Å²) in [7, 11) is 0. The van der Waals surface area contributed by atoms with Gasteiger partial charge in [-0.1, -0.05) is 12.1 Å². The van der Waals surface area contributed by atoms with E-state index in [0.29, 0.717) is 0 Å². The third kappa shape index (κ3) is 7.77. The summed E-state index contributed by atoms with van der Waals surface area (Å²) in [6.07, 6.45) is -4.81. The molecule has 0 aliphatic rings. The van der Waals surface area contributed by atoms with Crippen LogP contribution in [0.25, 0.3) is 0 Å². The Morgan fingerprint density at radius 1 is 1.04 bits per heavy atom. The highest BCUT2D eigenvalue weighted by atomic mass is 19.4. The zero-order valence-corrected chi connectivity index (χ0v) is 15.5. The second-order valence-corrected chi connectivity index (χ2v) is 7.68. The molecule has 1 aromatic rings. The maximum absolute atomic E-state index is 13.3. The molecular formula is C18H26F3NO3. The number of benzene rings is 1. The zero-order chi connectivity index (χ0) is 19.5. The van der Waals surface area contributed by atoms with E-state index in [-0.39, 0.29) is 24.4 Å². The van der Waals surface area contributed by atoms with Gasteiger partial charge < -0.3 is 14.8 Å². The monoisotopic (exact) mass is 361 g/mol. The van der Waals surface area contributed by atoms with Gasteiger partial charge in [0.25, 0.3) is 0 Å². The molecule has 0 unspecified atom stereocenters. The SMILES string of the molecule is CC(C)(C)OCNc1c(CC(=O)OC(C)(C)C)cccc1C(F)(F)F. The zero-order valence-electron chi connectivity index (χ0n) is 15.5. The molecule has 0 aliphatic heterocycles. The van der Waals surface area contributed by atoms with Crippen molar-refractivity contribution in [3.63, 3.8) is 0 Å². The number of carbonyl (C=O) groups is 1. The molecule has 0 amide bonds. The molecule has 0 saturated heterocycles. The summed E-state index contributed by atoms with van der Waals surface area (Å²) in [6.45, 7) is 10.4. The van der Waals surface area contributed by atoms with Crippen LogP contribution >= 0.6 is 0 Å². The molecule has 25 heavy (non-hydrogen) atoms. The number of carbonyl (C=O) groups excluding carboxylic acids is 1. The van der Waals surface area contributed by atoms with Crippen LogP contribution < -0.4 is 5.32 Å². The number of nitrogens with one attached hydrogen (secondary N) is 1. The Kier molecular flexibility index (Phi) is 6.50. The summed E-state index contributed by atoms with van der Waals surface area (Å²) in [5, 5.41) is 2.66. The van der Waals surface area contributed by atoms with Crippen LogP contribution in [0, 0.1) is 0 Å². The average Bonchev–Trinajstić information content (AvgIpc) is 2.35. The van der Waals surface area contributed by atoms with E-state index < -0.39 is 28.9 Å². The predicted molar refractivity (Wildman–Crippen MR) is 90.3 cm³/mol. The van der Waals surface area contributed by atoms with E-state index in [9.17, 15) is 18.0 Å². The number of hydrogen-bond donors (Lipinski definition) is 1. The second-order valence-electron chi connectivity index (χ2n) is 7.68. The third-order valence-electron chi connectivity index (χ3n) is 2.97. The van der Waals surface area contributed by atoms with Gasteiger partial charge in [0.2, 0.25) is 0 Å². The lowest BCUT2D eigenvalue weighted by Gasteiger charge is -2.24. The van der Waals surface area contributed by atoms with Gasteiger partial charge in [0, 0.05) is 0 Å². The van der Waals surface area contributed by atoms with Crippen molar-refractivity contribution < 1.29 is 27.4 Å². The number of esters is 1. The van der Waals surface area contributed by atoms with Gasteiger partial charge in [-0.15, -0.1) is 0 Å². The molecule has 0 bridgehead atoms. The van der Waals surface area contributed by atoms with Gasteiger partial charge in [0.1, 0.15) is 12.3 Å². The summed E-state index contributed by atoms with van der Waals surface area (Å²) in [6, 6.07) is 3.72. The van der Waals surface area contributed by atoms with Gasteiger partial charge in [-0.05, 0) is 53.2 Å². The number of ether oxygens (including phenoxy) is 2. The molecule has 4 nitrogen and oxygen atoms in total. The largest absolute Gasteiger partial charge is 0.460 e. The van der Waals surface area contributed by atoms with E-state index in [1.165, 1.54) is 12.1 Å². The van der Waals surface area contributed by atoms with Crippen LogP contribution in [0.3, 0.4) is 0 Å². The van der Waals surface area contributed by atoms with Crippen molar-refractivity contribution in [3.05, 3.63) is 29.3 Å². The minimum atomic E-state index is -4.55. The lowest BCUT2D eigenvalue weighted by Crippen LogP contribution is -2.26. The number of anilines is 1.